The highest BCUT2D eigenvalue weighted by molar-refractivity contribution is 5.99. The Balaban J connectivity index is 1.79. The van der Waals surface area contributed by atoms with Gasteiger partial charge in [-0.05, 0) is 37.8 Å². The van der Waals surface area contributed by atoms with Crippen molar-refractivity contribution in [2.75, 3.05) is 20.7 Å². The number of rotatable bonds is 5. The SMILES string of the molecule is COc1cccc(C(=O)CN2C(=O)N(C)C(C)(C3CCCCC3)C2O)c1. The molecule has 142 valence electrons. The molecule has 0 spiro atoms. The van der Waals surface area contributed by atoms with Crippen LogP contribution in [0.4, 0.5) is 4.79 Å². The Morgan fingerprint density at radius 2 is 2.00 bits per heavy atom. The first kappa shape index (κ1) is 18.7. The van der Waals surface area contributed by atoms with Crippen LogP contribution in [0, 0.1) is 5.92 Å². The number of nitrogens with zero attached hydrogens (tertiary/aromatic N) is 2. The average Bonchev–Trinajstić information content (AvgIpc) is 2.85. The molecular formula is C20H28N2O4. The Hall–Kier alpha value is -2.08. The van der Waals surface area contributed by atoms with Crippen molar-refractivity contribution < 1.29 is 19.4 Å². The summed E-state index contributed by atoms with van der Waals surface area (Å²) in [6, 6.07) is 6.57. The predicted molar refractivity (Wildman–Crippen MR) is 98.2 cm³/mol. The van der Waals surface area contributed by atoms with Crippen LogP contribution in [0.15, 0.2) is 24.3 Å². The minimum absolute atomic E-state index is 0.139. The number of ketones is 1. The largest absolute Gasteiger partial charge is 0.497 e. The molecule has 0 bridgehead atoms. The van der Waals surface area contributed by atoms with Crippen molar-refractivity contribution in [1.82, 2.24) is 9.80 Å². The molecule has 2 fully saturated rings. The highest BCUT2D eigenvalue weighted by Gasteiger charge is 2.56. The summed E-state index contributed by atoms with van der Waals surface area (Å²) in [4.78, 5) is 28.4. The summed E-state index contributed by atoms with van der Waals surface area (Å²) in [6.07, 6.45) is 4.47. The summed E-state index contributed by atoms with van der Waals surface area (Å²) >= 11 is 0. The number of carbonyl (C=O) groups is 2. The van der Waals surface area contributed by atoms with Gasteiger partial charge >= 0.3 is 6.03 Å². The van der Waals surface area contributed by atoms with Crippen LogP contribution in [0.2, 0.25) is 0 Å². The van der Waals surface area contributed by atoms with E-state index in [1.807, 2.05) is 6.92 Å². The number of likely N-dealkylation sites (N-methyl/N-ethyl adjacent to an activating group) is 1. The fraction of sp³-hybridized carbons (Fsp3) is 0.600. The van der Waals surface area contributed by atoms with Gasteiger partial charge in [-0.3, -0.25) is 9.69 Å². The molecule has 1 aliphatic heterocycles. The molecule has 1 saturated heterocycles. The Morgan fingerprint density at radius 1 is 1.31 bits per heavy atom. The highest BCUT2D eigenvalue weighted by atomic mass is 16.5. The number of aliphatic hydroxyl groups excluding tert-OH is 1. The van der Waals surface area contributed by atoms with Crippen LogP contribution in [0.5, 0.6) is 5.75 Å². The molecule has 1 aliphatic carbocycles. The van der Waals surface area contributed by atoms with E-state index < -0.39 is 11.8 Å². The first-order chi connectivity index (χ1) is 12.4. The number of Topliss-reactive ketones (excluding diaryl/α,β-unsaturated/α-hetero) is 1. The van der Waals surface area contributed by atoms with E-state index in [1.54, 1.807) is 43.3 Å². The lowest BCUT2D eigenvalue weighted by molar-refractivity contribution is -0.0456. The Morgan fingerprint density at radius 3 is 2.65 bits per heavy atom. The van der Waals surface area contributed by atoms with E-state index >= 15 is 0 Å². The standard InChI is InChI=1S/C20H28N2O4/c1-20(15-9-5-4-6-10-15)18(24)22(19(25)21(20)2)13-17(23)14-8-7-11-16(12-14)26-3/h7-8,11-12,15,18,24H,4-6,9-10,13H2,1-3H3. The summed E-state index contributed by atoms with van der Waals surface area (Å²) in [5.41, 5.74) is -0.190. The Bertz CT molecular complexity index is 686. The summed E-state index contributed by atoms with van der Waals surface area (Å²) in [5, 5.41) is 11.0. The molecule has 0 aromatic heterocycles. The molecule has 1 aromatic carbocycles. The van der Waals surface area contributed by atoms with Gasteiger partial charge in [0.2, 0.25) is 0 Å². The smallest absolute Gasteiger partial charge is 0.322 e. The maximum atomic E-state index is 12.8. The summed E-state index contributed by atoms with van der Waals surface area (Å²) in [7, 11) is 3.28. The first-order valence-electron chi connectivity index (χ1n) is 9.29. The maximum absolute atomic E-state index is 12.8. The van der Waals surface area contributed by atoms with Crippen LogP contribution in [-0.2, 0) is 0 Å². The molecule has 2 aliphatic rings. The van der Waals surface area contributed by atoms with Crippen molar-refractivity contribution >= 4 is 11.8 Å². The Labute approximate surface area is 154 Å². The van der Waals surface area contributed by atoms with Gasteiger partial charge in [-0.2, -0.15) is 0 Å². The number of ether oxygens (including phenoxy) is 1. The number of carbonyl (C=O) groups excluding carboxylic acids is 2. The molecule has 1 heterocycles. The summed E-state index contributed by atoms with van der Waals surface area (Å²) < 4.78 is 5.16. The second-order valence-corrected chi connectivity index (χ2v) is 7.56. The van der Waals surface area contributed by atoms with E-state index in [0.29, 0.717) is 11.3 Å². The van der Waals surface area contributed by atoms with Crippen molar-refractivity contribution in [2.45, 2.75) is 50.8 Å². The number of aliphatic hydroxyl groups is 1. The van der Waals surface area contributed by atoms with Crippen LogP contribution in [0.1, 0.15) is 49.4 Å². The molecule has 3 rings (SSSR count). The second-order valence-electron chi connectivity index (χ2n) is 7.56. The maximum Gasteiger partial charge on any atom is 0.322 e. The molecule has 0 radical (unpaired) electrons. The highest BCUT2D eigenvalue weighted by Crippen LogP contribution is 2.43. The summed E-state index contributed by atoms with van der Waals surface area (Å²) in [5.74, 6) is 0.628. The minimum Gasteiger partial charge on any atom is -0.497 e. The van der Waals surface area contributed by atoms with E-state index in [4.69, 9.17) is 4.74 Å². The lowest BCUT2D eigenvalue weighted by atomic mass is 9.74. The van der Waals surface area contributed by atoms with Crippen LogP contribution >= 0.6 is 0 Å². The van der Waals surface area contributed by atoms with Gasteiger partial charge in [0.25, 0.3) is 0 Å². The number of hydrogen-bond donors (Lipinski definition) is 1. The zero-order valence-corrected chi connectivity index (χ0v) is 15.8. The Kier molecular flexibility index (Phi) is 5.23. The van der Waals surface area contributed by atoms with E-state index in [9.17, 15) is 14.7 Å². The zero-order chi connectivity index (χ0) is 18.9. The van der Waals surface area contributed by atoms with Gasteiger partial charge in [0, 0.05) is 12.6 Å². The number of methoxy groups -OCH3 is 1. The lowest BCUT2D eigenvalue weighted by Crippen LogP contribution is -2.54. The number of amides is 2. The van der Waals surface area contributed by atoms with E-state index in [-0.39, 0.29) is 24.3 Å². The number of hydrogen-bond acceptors (Lipinski definition) is 4. The summed E-state index contributed by atoms with van der Waals surface area (Å²) in [6.45, 7) is 1.81. The van der Waals surface area contributed by atoms with E-state index in [0.717, 1.165) is 25.7 Å². The molecule has 6 heteroatoms. The normalized spacial score (nSPS) is 27.1. The van der Waals surface area contributed by atoms with Crippen LogP contribution in [0.25, 0.3) is 0 Å². The molecule has 1 saturated carbocycles. The number of urea groups is 1. The third kappa shape index (κ3) is 3.07. The molecule has 2 amide bonds. The van der Waals surface area contributed by atoms with Crippen molar-refractivity contribution in [2.24, 2.45) is 5.92 Å². The average molecular weight is 360 g/mol. The van der Waals surface area contributed by atoms with Gasteiger partial charge < -0.3 is 14.7 Å². The van der Waals surface area contributed by atoms with Gasteiger partial charge in [0.05, 0.1) is 19.2 Å². The molecule has 6 nitrogen and oxygen atoms in total. The van der Waals surface area contributed by atoms with Crippen LogP contribution < -0.4 is 4.74 Å². The van der Waals surface area contributed by atoms with Crippen molar-refractivity contribution in [3.63, 3.8) is 0 Å². The monoisotopic (exact) mass is 360 g/mol. The topological polar surface area (TPSA) is 70.1 Å². The van der Waals surface area contributed by atoms with Gasteiger partial charge in [0.15, 0.2) is 12.0 Å². The molecular weight excluding hydrogens is 332 g/mol. The van der Waals surface area contributed by atoms with E-state index in [1.165, 1.54) is 11.3 Å². The minimum atomic E-state index is -0.988. The second kappa shape index (κ2) is 7.27. The fourth-order valence-electron chi connectivity index (χ4n) is 4.36. The quantitative estimate of drug-likeness (QED) is 0.820. The third-order valence-electron chi connectivity index (χ3n) is 6.21. The molecule has 2 atom stereocenters. The number of benzene rings is 1. The van der Waals surface area contributed by atoms with Gasteiger partial charge in [-0.15, -0.1) is 0 Å². The van der Waals surface area contributed by atoms with Crippen molar-refractivity contribution in [3.8, 4) is 5.75 Å². The van der Waals surface area contributed by atoms with Crippen molar-refractivity contribution in [3.05, 3.63) is 29.8 Å². The first-order valence-corrected chi connectivity index (χ1v) is 9.29. The molecule has 1 N–H and O–H groups in total. The predicted octanol–water partition coefficient (Wildman–Crippen LogP) is 2.90. The fourth-order valence-corrected chi connectivity index (χ4v) is 4.36. The molecule has 1 aromatic rings. The van der Waals surface area contributed by atoms with Gasteiger partial charge in [0.1, 0.15) is 5.75 Å². The third-order valence-corrected chi connectivity index (χ3v) is 6.21. The molecule has 26 heavy (non-hydrogen) atoms. The lowest BCUT2D eigenvalue weighted by Gasteiger charge is -2.42. The van der Waals surface area contributed by atoms with Crippen molar-refractivity contribution in [1.29, 1.82) is 0 Å². The zero-order valence-electron chi connectivity index (χ0n) is 15.8. The van der Waals surface area contributed by atoms with Crippen LogP contribution in [0.3, 0.4) is 0 Å². The van der Waals surface area contributed by atoms with Gasteiger partial charge in [-0.25, -0.2) is 4.79 Å². The van der Waals surface area contributed by atoms with Gasteiger partial charge in [-0.1, -0.05) is 31.4 Å². The molecule has 2 unspecified atom stereocenters. The van der Waals surface area contributed by atoms with E-state index in [2.05, 4.69) is 0 Å². The van der Waals surface area contributed by atoms with Crippen LogP contribution in [-0.4, -0.2) is 59.2 Å².